The monoisotopic (exact) mass is 238 g/mol. The van der Waals surface area contributed by atoms with Crippen molar-refractivity contribution in [3.63, 3.8) is 0 Å². The van der Waals surface area contributed by atoms with Crippen molar-refractivity contribution in [3.05, 3.63) is 19.8 Å². The Morgan fingerprint density at radius 3 is 2.46 bits per heavy atom. The van der Waals surface area contributed by atoms with E-state index in [1.165, 1.54) is 11.3 Å². The molecule has 4 nitrogen and oxygen atoms in total. The number of hydrogen-bond donors (Lipinski definition) is 3. The van der Waals surface area contributed by atoms with Crippen molar-refractivity contribution in [2.45, 2.75) is 6.92 Å². The normalized spacial score (nSPS) is 11.8. The van der Waals surface area contributed by atoms with Crippen LogP contribution in [0.5, 0.6) is 0 Å². The highest BCUT2D eigenvalue weighted by atomic mass is 35.5. The highest BCUT2D eigenvalue weighted by Crippen LogP contribution is 2.36. The molecule has 0 saturated carbocycles. The Bertz CT molecular complexity index is 347. The quantitative estimate of drug-likeness (QED) is 0.300. The first-order valence-corrected chi connectivity index (χ1v) is 4.88. The van der Waals surface area contributed by atoms with Gasteiger partial charge in [0.1, 0.15) is 4.34 Å². The summed E-state index contributed by atoms with van der Waals surface area (Å²) >= 11 is 13.0. The highest BCUT2D eigenvalue weighted by molar-refractivity contribution is 7.19. The second kappa shape index (κ2) is 4.15. The third-order valence-corrected chi connectivity index (χ3v) is 3.70. The molecule has 1 rings (SSSR count). The van der Waals surface area contributed by atoms with Gasteiger partial charge < -0.3 is 11.3 Å². The first kappa shape index (κ1) is 10.6. The third-order valence-electron chi connectivity index (χ3n) is 1.51. The van der Waals surface area contributed by atoms with E-state index in [4.69, 9.17) is 34.9 Å². The summed E-state index contributed by atoms with van der Waals surface area (Å²) in [5.41, 5.74) is 3.19. The van der Waals surface area contributed by atoms with Gasteiger partial charge in [-0.3, -0.25) is 0 Å². The van der Waals surface area contributed by atoms with Gasteiger partial charge >= 0.3 is 0 Å². The van der Waals surface area contributed by atoms with E-state index in [-0.39, 0.29) is 0 Å². The van der Waals surface area contributed by atoms with Crippen LogP contribution in [-0.2, 0) is 0 Å². The minimum Gasteiger partial charge on any atom is -0.321 e. The molecule has 0 fully saturated rings. The topological polar surface area (TPSA) is 76.4 Å². The van der Waals surface area contributed by atoms with E-state index in [9.17, 15) is 0 Å². The van der Waals surface area contributed by atoms with E-state index in [0.717, 1.165) is 10.4 Å². The summed E-state index contributed by atoms with van der Waals surface area (Å²) in [7, 11) is 0. The highest BCUT2D eigenvalue weighted by Gasteiger charge is 2.15. The minimum atomic E-state index is 0.372. The summed E-state index contributed by atoms with van der Waals surface area (Å²) in [6.45, 7) is 1.82. The summed E-state index contributed by atoms with van der Waals surface area (Å²) in [4.78, 5) is 0.750. The van der Waals surface area contributed by atoms with Gasteiger partial charge in [-0.1, -0.05) is 23.2 Å². The van der Waals surface area contributed by atoms with Crippen LogP contribution in [0.25, 0.3) is 0 Å². The molecule has 0 spiro atoms. The molecule has 13 heavy (non-hydrogen) atoms. The Labute approximate surface area is 89.5 Å². The van der Waals surface area contributed by atoms with Gasteiger partial charge in [-0.15, -0.1) is 11.3 Å². The smallest absolute Gasteiger partial charge is 0.177 e. The first-order valence-electron chi connectivity index (χ1n) is 3.31. The Morgan fingerprint density at radius 2 is 2.15 bits per heavy atom. The summed E-state index contributed by atoms with van der Waals surface area (Å²) in [5.74, 6) is 10.7. The van der Waals surface area contributed by atoms with Crippen molar-refractivity contribution >= 4 is 40.4 Å². The van der Waals surface area contributed by atoms with Crippen LogP contribution in [0.4, 0.5) is 0 Å². The van der Waals surface area contributed by atoms with Crippen LogP contribution in [0.1, 0.15) is 10.4 Å². The standard InChI is InChI=1S/C6H8Cl2N4S/c1-2-3(7)5(8)13-4(2)6(11-9)12-10/h9-10H2,1H3,(H,11,12). The fourth-order valence-corrected chi connectivity index (χ4v) is 2.37. The SMILES string of the molecule is Cc1c(/C(=N/N)NN)sc(Cl)c1Cl. The molecule has 1 aromatic rings. The van der Waals surface area contributed by atoms with Crippen LogP contribution >= 0.6 is 34.5 Å². The van der Waals surface area contributed by atoms with Crippen LogP contribution in [0.2, 0.25) is 9.36 Å². The molecule has 0 aliphatic heterocycles. The van der Waals surface area contributed by atoms with Crippen LogP contribution in [0.3, 0.4) is 0 Å². The van der Waals surface area contributed by atoms with Gasteiger partial charge in [-0.25, -0.2) is 5.84 Å². The maximum absolute atomic E-state index is 5.87. The molecular formula is C6H8Cl2N4S. The number of hydrazone groups is 1. The molecule has 0 radical (unpaired) electrons. The number of nitrogens with one attached hydrogen (secondary N) is 1. The molecule has 1 aromatic heterocycles. The number of thiophene rings is 1. The number of amidine groups is 1. The van der Waals surface area contributed by atoms with E-state index in [1.54, 1.807) is 0 Å². The van der Waals surface area contributed by atoms with Gasteiger partial charge in [0.2, 0.25) is 0 Å². The maximum atomic E-state index is 5.87. The number of hydrogen-bond acceptors (Lipinski definition) is 4. The lowest BCUT2D eigenvalue weighted by molar-refractivity contribution is 1.01. The second-order valence-electron chi connectivity index (χ2n) is 2.27. The Balaban J connectivity index is 3.23. The third kappa shape index (κ3) is 1.88. The van der Waals surface area contributed by atoms with E-state index >= 15 is 0 Å². The van der Waals surface area contributed by atoms with E-state index in [1.807, 2.05) is 6.92 Å². The molecule has 0 aromatic carbocycles. The summed E-state index contributed by atoms with van der Waals surface area (Å²) < 4.78 is 0.505. The van der Waals surface area contributed by atoms with Crippen LogP contribution < -0.4 is 17.1 Å². The number of nitrogens with zero attached hydrogens (tertiary/aromatic N) is 1. The van der Waals surface area contributed by atoms with Crippen molar-refractivity contribution in [3.8, 4) is 0 Å². The largest absolute Gasteiger partial charge is 0.321 e. The van der Waals surface area contributed by atoms with Gasteiger partial charge in [0.05, 0.1) is 9.90 Å². The van der Waals surface area contributed by atoms with E-state index < -0.39 is 0 Å². The van der Waals surface area contributed by atoms with Crippen LogP contribution in [-0.4, -0.2) is 5.84 Å². The zero-order valence-corrected chi connectivity index (χ0v) is 9.09. The van der Waals surface area contributed by atoms with Crippen LogP contribution in [0.15, 0.2) is 5.10 Å². The minimum absolute atomic E-state index is 0.372. The number of nitrogens with two attached hydrogens (primary N) is 2. The Kier molecular flexibility index (Phi) is 3.38. The average molecular weight is 239 g/mol. The zero-order valence-electron chi connectivity index (χ0n) is 6.77. The molecule has 0 amide bonds. The van der Waals surface area contributed by atoms with E-state index in [0.29, 0.717) is 15.2 Å². The summed E-state index contributed by atoms with van der Waals surface area (Å²) in [6, 6.07) is 0. The van der Waals surface area contributed by atoms with Gasteiger partial charge in [0, 0.05) is 0 Å². The molecule has 1 heterocycles. The van der Waals surface area contributed by atoms with Gasteiger partial charge in [-0.05, 0) is 12.5 Å². The average Bonchev–Trinajstić information content (AvgIpc) is 2.36. The second-order valence-corrected chi connectivity index (χ2v) is 4.27. The summed E-state index contributed by atoms with van der Waals surface area (Å²) in [6.07, 6.45) is 0. The lowest BCUT2D eigenvalue weighted by Gasteiger charge is -2.01. The van der Waals surface area contributed by atoms with Crippen molar-refractivity contribution < 1.29 is 0 Å². The van der Waals surface area contributed by atoms with Crippen molar-refractivity contribution in [1.82, 2.24) is 5.43 Å². The van der Waals surface area contributed by atoms with Crippen molar-refractivity contribution in [1.29, 1.82) is 0 Å². The molecule has 0 saturated heterocycles. The predicted octanol–water partition coefficient (Wildman–Crippen LogP) is 1.45. The number of hydrazine groups is 1. The summed E-state index contributed by atoms with van der Waals surface area (Å²) in [5, 5.41) is 3.98. The molecule has 0 aliphatic rings. The molecule has 5 N–H and O–H groups in total. The molecule has 7 heteroatoms. The van der Waals surface area contributed by atoms with Crippen molar-refractivity contribution in [2.75, 3.05) is 0 Å². The number of rotatable bonds is 1. The Hall–Kier alpha value is -0.490. The van der Waals surface area contributed by atoms with Gasteiger partial charge in [-0.2, -0.15) is 5.10 Å². The molecular weight excluding hydrogens is 231 g/mol. The predicted molar refractivity (Wildman–Crippen MR) is 57.1 cm³/mol. The Morgan fingerprint density at radius 1 is 1.54 bits per heavy atom. The van der Waals surface area contributed by atoms with Crippen LogP contribution in [0, 0.1) is 6.92 Å². The molecule has 0 bridgehead atoms. The lowest BCUT2D eigenvalue weighted by Crippen LogP contribution is -2.31. The molecule has 0 unspecified atom stereocenters. The first-order chi connectivity index (χ1) is 6.11. The van der Waals surface area contributed by atoms with Crippen molar-refractivity contribution in [2.24, 2.45) is 16.8 Å². The number of halogens is 2. The van der Waals surface area contributed by atoms with Gasteiger partial charge in [0.25, 0.3) is 0 Å². The lowest BCUT2D eigenvalue weighted by atomic mass is 10.3. The molecule has 0 atom stereocenters. The molecule has 0 aliphatic carbocycles. The zero-order chi connectivity index (χ0) is 10.0. The van der Waals surface area contributed by atoms with E-state index in [2.05, 4.69) is 10.5 Å². The fraction of sp³-hybridized carbons (Fsp3) is 0.167. The molecule has 72 valence electrons. The van der Waals surface area contributed by atoms with Gasteiger partial charge in [0.15, 0.2) is 5.84 Å². The fourth-order valence-electron chi connectivity index (χ4n) is 0.845. The maximum Gasteiger partial charge on any atom is 0.177 e.